The van der Waals surface area contributed by atoms with Crippen molar-refractivity contribution in [2.45, 2.75) is 27.4 Å². The third-order valence-electron chi connectivity index (χ3n) is 3.61. The van der Waals surface area contributed by atoms with Gasteiger partial charge in [-0.25, -0.2) is 19.8 Å². The van der Waals surface area contributed by atoms with E-state index < -0.39 is 0 Å². The Morgan fingerprint density at radius 3 is 2.62 bits per heavy atom. The van der Waals surface area contributed by atoms with Crippen LogP contribution in [0, 0.1) is 13.8 Å². The number of carbonyl (C=O) groups excluding carboxylic acids is 1. The summed E-state index contributed by atoms with van der Waals surface area (Å²) in [5.74, 6) is 0.0910. The van der Waals surface area contributed by atoms with E-state index in [0.717, 1.165) is 23.4 Å². The van der Waals surface area contributed by atoms with Gasteiger partial charge in [-0.2, -0.15) is 0 Å². The van der Waals surface area contributed by atoms with E-state index in [-0.39, 0.29) is 12.6 Å². The summed E-state index contributed by atoms with van der Waals surface area (Å²) < 4.78 is 5.29. The van der Waals surface area contributed by atoms with Gasteiger partial charge in [-0.05, 0) is 50.1 Å². The lowest BCUT2D eigenvalue weighted by atomic mass is 10.0. The predicted octanol–water partition coefficient (Wildman–Crippen LogP) is 3.06. The van der Waals surface area contributed by atoms with Crippen LogP contribution in [0.1, 0.15) is 34.2 Å². The molecule has 0 aliphatic carbocycles. The van der Waals surface area contributed by atoms with Crippen molar-refractivity contribution in [3.63, 3.8) is 0 Å². The summed E-state index contributed by atoms with van der Waals surface area (Å²) in [5, 5.41) is 0. The summed E-state index contributed by atoms with van der Waals surface area (Å²) in [6.07, 6.45) is 5.02. The summed E-state index contributed by atoms with van der Waals surface area (Å²) in [6.45, 7) is 6.79. The molecule has 1 aromatic heterocycles. The van der Waals surface area contributed by atoms with Crippen LogP contribution in [0.3, 0.4) is 0 Å². The van der Waals surface area contributed by atoms with Crippen molar-refractivity contribution >= 4 is 18.0 Å². The number of benzene rings is 1. The van der Waals surface area contributed by atoms with Gasteiger partial charge in [0.2, 0.25) is 0 Å². The van der Waals surface area contributed by atoms with Crippen LogP contribution >= 0.6 is 0 Å². The second-order valence-corrected chi connectivity index (χ2v) is 5.51. The third-order valence-corrected chi connectivity index (χ3v) is 3.61. The Hall–Kier alpha value is -2.76. The fraction of sp³-hybridized carbons (Fsp3) is 0.333. The van der Waals surface area contributed by atoms with Gasteiger partial charge in [0.15, 0.2) is 12.4 Å². The fourth-order valence-electron chi connectivity index (χ4n) is 2.01. The number of carbonyl (C=O) groups is 1. The van der Waals surface area contributed by atoms with Crippen LogP contribution < -0.4 is 0 Å². The molecule has 0 atom stereocenters. The number of nitrogens with zero attached hydrogens (tertiary/aromatic N) is 4. The SMILES string of the molecule is CCN(C)/C=N/c1cc(C)c(C(=O)OCc2ncccn2)cc1C. The van der Waals surface area contributed by atoms with E-state index in [1.165, 1.54) is 0 Å². The molecule has 0 saturated carbocycles. The maximum Gasteiger partial charge on any atom is 0.338 e. The van der Waals surface area contributed by atoms with Crippen LogP contribution in [-0.2, 0) is 11.3 Å². The first kappa shape index (κ1) is 17.6. The number of esters is 1. The largest absolute Gasteiger partial charge is 0.454 e. The minimum Gasteiger partial charge on any atom is -0.454 e. The highest BCUT2D eigenvalue weighted by Crippen LogP contribution is 2.24. The lowest BCUT2D eigenvalue weighted by Gasteiger charge is -2.11. The molecule has 126 valence electrons. The number of aromatic nitrogens is 2. The second kappa shape index (κ2) is 8.19. The number of aliphatic imine (C=N–C) groups is 1. The number of rotatable bonds is 6. The molecule has 1 aromatic carbocycles. The molecule has 0 spiro atoms. The summed E-state index contributed by atoms with van der Waals surface area (Å²) in [4.78, 5) is 26.8. The zero-order valence-electron chi connectivity index (χ0n) is 14.5. The zero-order chi connectivity index (χ0) is 17.5. The molecule has 0 aliphatic heterocycles. The Labute approximate surface area is 142 Å². The molecule has 2 aromatic rings. The lowest BCUT2D eigenvalue weighted by Crippen LogP contribution is -2.14. The van der Waals surface area contributed by atoms with Crippen molar-refractivity contribution in [1.29, 1.82) is 0 Å². The minimum atomic E-state index is -0.385. The molecule has 1 heterocycles. The molecule has 2 rings (SSSR count). The van der Waals surface area contributed by atoms with Gasteiger partial charge < -0.3 is 9.64 Å². The molecule has 0 radical (unpaired) electrons. The van der Waals surface area contributed by atoms with E-state index in [2.05, 4.69) is 21.9 Å². The molecule has 0 bridgehead atoms. The Morgan fingerprint density at radius 2 is 1.96 bits per heavy atom. The van der Waals surface area contributed by atoms with Crippen molar-refractivity contribution in [3.05, 3.63) is 53.1 Å². The number of aryl methyl sites for hydroxylation is 2. The summed E-state index contributed by atoms with van der Waals surface area (Å²) in [6, 6.07) is 5.42. The summed E-state index contributed by atoms with van der Waals surface area (Å²) in [7, 11) is 1.96. The quantitative estimate of drug-likeness (QED) is 0.464. The van der Waals surface area contributed by atoms with E-state index in [1.54, 1.807) is 24.8 Å². The van der Waals surface area contributed by atoms with Gasteiger partial charge in [0, 0.05) is 26.0 Å². The van der Waals surface area contributed by atoms with Gasteiger partial charge in [-0.3, -0.25) is 0 Å². The van der Waals surface area contributed by atoms with E-state index in [1.807, 2.05) is 37.9 Å². The third kappa shape index (κ3) is 4.62. The van der Waals surface area contributed by atoms with Gasteiger partial charge in [-0.15, -0.1) is 0 Å². The second-order valence-electron chi connectivity index (χ2n) is 5.51. The molecule has 0 fully saturated rings. The first-order chi connectivity index (χ1) is 11.5. The van der Waals surface area contributed by atoms with Gasteiger partial charge >= 0.3 is 5.97 Å². The average Bonchev–Trinajstić information content (AvgIpc) is 2.60. The summed E-state index contributed by atoms with van der Waals surface area (Å²) >= 11 is 0. The maximum absolute atomic E-state index is 12.3. The lowest BCUT2D eigenvalue weighted by molar-refractivity contribution is 0.0461. The number of ether oxygens (including phenoxy) is 1. The van der Waals surface area contributed by atoms with E-state index in [9.17, 15) is 4.79 Å². The Bertz CT molecular complexity index is 729. The Morgan fingerprint density at radius 1 is 1.25 bits per heavy atom. The number of hydrogen-bond acceptors (Lipinski definition) is 5. The van der Waals surface area contributed by atoms with Crippen LogP contribution in [0.4, 0.5) is 5.69 Å². The Kier molecular flexibility index (Phi) is 6.01. The topological polar surface area (TPSA) is 67.7 Å². The predicted molar refractivity (Wildman–Crippen MR) is 93.5 cm³/mol. The van der Waals surface area contributed by atoms with Crippen LogP contribution in [-0.4, -0.2) is 40.8 Å². The van der Waals surface area contributed by atoms with Crippen molar-refractivity contribution < 1.29 is 9.53 Å². The van der Waals surface area contributed by atoms with E-state index in [4.69, 9.17) is 4.74 Å². The molecule has 0 unspecified atom stereocenters. The first-order valence-electron chi connectivity index (χ1n) is 7.80. The summed E-state index contributed by atoms with van der Waals surface area (Å²) in [5.41, 5.74) is 3.12. The van der Waals surface area contributed by atoms with Crippen molar-refractivity contribution in [3.8, 4) is 0 Å². The highest BCUT2D eigenvalue weighted by molar-refractivity contribution is 5.92. The Balaban J connectivity index is 2.11. The fourth-order valence-corrected chi connectivity index (χ4v) is 2.01. The standard InChI is InChI=1S/C18H22N4O2/c1-5-22(4)12-21-16-10-13(2)15(9-14(16)3)18(23)24-11-17-19-7-6-8-20-17/h6-10,12H,5,11H2,1-4H3/b21-12+. The van der Waals surface area contributed by atoms with Gasteiger partial charge in [0.05, 0.1) is 17.6 Å². The molecule has 0 N–H and O–H groups in total. The van der Waals surface area contributed by atoms with E-state index in [0.29, 0.717) is 11.4 Å². The van der Waals surface area contributed by atoms with Crippen LogP contribution in [0.25, 0.3) is 0 Å². The average molecular weight is 326 g/mol. The van der Waals surface area contributed by atoms with Crippen molar-refractivity contribution in [2.24, 2.45) is 4.99 Å². The smallest absolute Gasteiger partial charge is 0.338 e. The van der Waals surface area contributed by atoms with Gasteiger partial charge in [0.25, 0.3) is 0 Å². The van der Waals surface area contributed by atoms with Crippen LogP contribution in [0.2, 0.25) is 0 Å². The van der Waals surface area contributed by atoms with Crippen LogP contribution in [0.5, 0.6) is 0 Å². The van der Waals surface area contributed by atoms with Crippen molar-refractivity contribution in [2.75, 3.05) is 13.6 Å². The first-order valence-corrected chi connectivity index (χ1v) is 7.80. The van der Waals surface area contributed by atoms with Gasteiger partial charge in [0.1, 0.15) is 0 Å². The maximum atomic E-state index is 12.3. The molecule has 24 heavy (non-hydrogen) atoms. The van der Waals surface area contributed by atoms with Gasteiger partial charge in [-0.1, -0.05) is 0 Å². The molecule has 0 aliphatic rings. The molecule has 0 amide bonds. The zero-order valence-corrected chi connectivity index (χ0v) is 14.5. The molecule has 0 saturated heterocycles. The monoisotopic (exact) mass is 326 g/mol. The normalized spacial score (nSPS) is 10.8. The molecular weight excluding hydrogens is 304 g/mol. The molecule has 6 heteroatoms. The minimum absolute atomic E-state index is 0.0549. The molecule has 6 nitrogen and oxygen atoms in total. The van der Waals surface area contributed by atoms with Crippen LogP contribution in [0.15, 0.2) is 35.6 Å². The van der Waals surface area contributed by atoms with E-state index >= 15 is 0 Å². The highest BCUT2D eigenvalue weighted by Gasteiger charge is 2.13. The molecular formula is C18H22N4O2. The highest BCUT2D eigenvalue weighted by atomic mass is 16.5. The number of hydrogen-bond donors (Lipinski definition) is 0. The van der Waals surface area contributed by atoms with Crippen molar-refractivity contribution in [1.82, 2.24) is 14.9 Å².